The Labute approximate surface area is 110 Å². The number of nitrogens with zero attached hydrogens (tertiary/aromatic N) is 2. The Balaban J connectivity index is 2.55. The average Bonchev–Trinajstić information content (AvgIpc) is 2.70. The zero-order chi connectivity index (χ0) is 14.5. The third kappa shape index (κ3) is 4.57. The molecule has 1 heterocycles. The number of hydrogen-bond acceptors (Lipinski definition) is 2. The van der Waals surface area contributed by atoms with E-state index in [2.05, 4.69) is 17.3 Å². The summed E-state index contributed by atoms with van der Waals surface area (Å²) in [6, 6.07) is 0.237. The van der Waals surface area contributed by atoms with Crippen LogP contribution in [-0.4, -0.2) is 22.4 Å². The van der Waals surface area contributed by atoms with Crippen molar-refractivity contribution in [3.8, 4) is 0 Å². The molecule has 0 aliphatic carbocycles. The summed E-state index contributed by atoms with van der Waals surface area (Å²) in [5, 5.41) is 5.83. The maximum atomic E-state index is 12.4. The van der Waals surface area contributed by atoms with Gasteiger partial charge in [0.1, 0.15) is 0 Å². The fourth-order valence-electron chi connectivity index (χ4n) is 1.64. The van der Waals surface area contributed by atoms with Crippen molar-refractivity contribution in [3.05, 3.63) is 17.5 Å². The largest absolute Gasteiger partial charge is 0.435 e. The Morgan fingerprint density at radius 1 is 1.37 bits per heavy atom. The molecule has 0 unspecified atom stereocenters. The number of aromatic nitrogens is 2. The van der Waals surface area contributed by atoms with Crippen LogP contribution in [0.2, 0.25) is 0 Å². The van der Waals surface area contributed by atoms with Crippen molar-refractivity contribution in [2.45, 2.75) is 45.7 Å². The second-order valence-corrected chi connectivity index (χ2v) is 4.37. The van der Waals surface area contributed by atoms with Crippen LogP contribution in [0.25, 0.3) is 0 Å². The number of halogens is 3. The van der Waals surface area contributed by atoms with Crippen LogP contribution in [0.1, 0.15) is 44.0 Å². The van der Waals surface area contributed by atoms with E-state index in [-0.39, 0.29) is 5.69 Å². The normalized spacial score (nSPS) is 11.6. The van der Waals surface area contributed by atoms with Gasteiger partial charge in [-0.1, -0.05) is 26.2 Å². The molecule has 0 radical (unpaired) electrons. The third-order valence-electron chi connectivity index (χ3n) is 2.68. The molecule has 108 valence electrons. The van der Waals surface area contributed by atoms with Crippen LogP contribution in [0.5, 0.6) is 0 Å². The minimum atomic E-state index is -4.53. The highest BCUT2D eigenvalue weighted by molar-refractivity contribution is 5.76. The molecule has 4 nitrogen and oxygen atoms in total. The van der Waals surface area contributed by atoms with Gasteiger partial charge in [-0.15, -0.1) is 0 Å². The number of hydrogen-bond donors (Lipinski definition) is 1. The molecule has 1 N–H and O–H groups in total. The first-order valence-electron chi connectivity index (χ1n) is 6.28. The monoisotopic (exact) mass is 277 g/mol. The van der Waals surface area contributed by atoms with E-state index in [0.29, 0.717) is 6.54 Å². The molecule has 7 heteroatoms. The number of rotatable bonds is 5. The molecule has 1 aromatic heterocycles. The fraction of sp³-hybridized carbons (Fsp3) is 0.667. The summed E-state index contributed by atoms with van der Waals surface area (Å²) < 4.78 is 38.0. The summed E-state index contributed by atoms with van der Waals surface area (Å²) in [5.41, 5.74) is -0.885. The zero-order valence-corrected chi connectivity index (χ0v) is 11.0. The number of carbonyl (C=O) groups is 1. The lowest BCUT2D eigenvalue weighted by Crippen LogP contribution is -2.31. The van der Waals surface area contributed by atoms with Gasteiger partial charge in [-0.05, 0) is 19.4 Å². The van der Waals surface area contributed by atoms with Gasteiger partial charge in [0.25, 0.3) is 0 Å². The van der Waals surface area contributed by atoms with E-state index in [9.17, 15) is 18.0 Å². The van der Waals surface area contributed by atoms with Gasteiger partial charge in [-0.25, -0.2) is 4.79 Å². The first kappa shape index (κ1) is 15.5. The molecule has 0 aromatic carbocycles. The van der Waals surface area contributed by atoms with E-state index >= 15 is 0 Å². The molecule has 0 saturated heterocycles. The molecular formula is C12H18F3N3O. The van der Waals surface area contributed by atoms with Crippen molar-refractivity contribution < 1.29 is 18.0 Å². The van der Waals surface area contributed by atoms with Crippen molar-refractivity contribution in [3.63, 3.8) is 0 Å². The number of unbranched alkanes of at least 4 members (excludes halogenated alkanes) is 3. The quantitative estimate of drug-likeness (QED) is 0.839. The highest BCUT2D eigenvalue weighted by Gasteiger charge is 2.35. The van der Waals surface area contributed by atoms with E-state index in [1.165, 1.54) is 6.92 Å². The average molecular weight is 277 g/mol. The van der Waals surface area contributed by atoms with E-state index in [4.69, 9.17) is 0 Å². The third-order valence-corrected chi connectivity index (χ3v) is 2.68. The molecule has 19 heavy (non-hydrogen) atoms. The zero-order valence-electron chi connectivity index (χ0n) is 11.0. The van der Waals surface area contributed by atoms with E-state index in [0.717, 1.165) is 36.4 Å². The van der Waals surface area contributed by atoms with Gasteiger partial charge in [0.2, 0.25) is 0 Å². The second kappa shape index (κ2) is 6.58. The Morgan fingerprint density at radius 2 is 2.05 bits per heavy atom. The maximum absolute atomic E-state index is 12.4. The van der Waals surface area contributed by atoms with Gasteiger partial charge in [0.05, 0.1) is 0 Å². The lowest BCUT2D eigenvalue weighted by Gasteiger charge is -2.06. The van der Waals surface area contributed by atoms with Crippen molar-refractivity contribution in [2.24, 2.45) is 0 Å². The number of carbonyl (C=O) groups excluding carboxylic acids is 1. The van der Waals surface area contributed by atoms with Gasteiger partial charge in [-0.2, -0.15) is 23.0 Å². The highest BCUT2D eigenvalue weighted by Crippen LogP contribution is 2.28. The predicted molar refractivity (Wildman–Crippen MR) is 64.9 cm³/mol. The van der Waals surface area contributed by atoms with Crippen LogP contribution in [0.4, 0.5) is 18.0 Å². The predicted octanol–water partition coefficient (Wildman–Crippen LogP) is 3.35. The van der Waals surface area contributed by atoms with Crippen LogP contribution >= 0.6 is 0 Å². The molecule has 0 fully saturated rings. The Kier molecular flexibility index (Phi) is 5.38. The molecule has 0 bridgehead atoms. The molecule has 0 atom stereocenters. The number of aryl methyl sites for hydroxylation is 1. The molecule has 0 spiro atoms. The molecule has 0 saturated carbocycles. The second-order valence-electron chi connectivity index (χ2n) is 4.37. The van der Waals surface area contributed by atoms with E-state index in [1.807, 2.05) is 0 Å². The standard InChI is InChI=1S/C12H18F3N3O/c1-3-4-5-6-7-16-11(19)18-9(2)8-10(17-18)12(13,14)15/h8H,3-7H2,1-2H3,(H,16,19). The fourth-order valence-corrected chi connectivity index (χ4v) is 1.64. The molecule has 1 aromatic rings. The summed E-state index contributed by atoms with van der Waals surface area (Å²) in [5.74, 6) is 0. The Morgan fingerprint density at radius 3 is 2.58 bits per heavy atom. The SMILES string of the molecule is CCCCCCNC(=O)n1nc(C(F)(F)F)cc1C. The summed E-state index contributed by atoms with van der Waals surface area (Å²) in [4.78, 5) is 11.7. The molecule has 1 amide bonds. The van der Waals surface area contributed by atoms with E-state index < -0.39 is 17.9 Å². The molecule has 0 aliphatic heterocycles. The molecule has 0 aliphatic rings. The lowest BCUT2D eigenvalue weighted by molar-refractivity contribution is -0.141. The minimum Gasteiger partial charge on any atom is -0.336 e. The lowest BCUT2D eigenvalue weighted by atomic mass is 10.2. The Bertz CT molecular complexity index is 426. The van der Waals surface area contributed by atoms with Crippen LogP contribution in [0.3, 0.4) is 0 Å². The van der Waals surface area contributed by atoms with Gasteiger partial charge in [0.15, 0.2) is 5.69 Å². The maximum Gasteiger partial charge on any atom is 0.435 e. The van der Waals surface area contributed by atoms with Crippen molar-refractivity contribution in [1.29, 1.82) is 0 Å². The molecule has 1 rings (SSSR count). The molecular weight excluding hydrogens is 259 g/mol. The number of amides is 1. The van der Waals surface area contributed by atoms with Crippen molar-refractivity contribution >= 4 is 6.03 Å². The smallest absolute Gasteiger partial charge is 0.336 e. The van der Waals surface area contributed by atoms with Crippen molar-refractivity contribution in [2.75, 3.05) is 6.54 Å². The summed E-state index contributed by atoms with van der Waals surface area (Å²) in [6.07, 6.45) is -0.567. The van der Waals surface area contributed by atoms with Crippen LogP contribution in [0.15, 0.2) is 6.07 Å². The number of alkyl halides is 3. The van der Waals surface area contributed by atoms with Crippen LogP contribution in [0, 0.1) is 6.92 Å². The van der Waals surface area contributed by atoms with Gasteiger partial charge in [0, 0.05) is 12.2 Å². The van der Waals surface area contributed by atoms with Gasteiger partial charge < -0.3 is 5.32 Å². The van der Waals surface area contributed by atoms with Gasteiger partial charge in [-0.3, -0.25) is 0 Å². The van der Waals surface area contributed by atoms with Crippen LogP contribution in [-0.2, 0) is 6.18 Å². The summed E-state index contributed by atoms with van der Waals surface area (Å²) in [7, 11) is 0. The van der Waals surface area contributed by atoms with E-state index in [1.54, 1.807) is 0 Å². The number of nitrogens with one attached hydrogen (secondary N) is 1. The summed E-state index contributed by atoms with van der Waals surface area (Å²) in [6.45, 7) is 3.93. The van der Waals surface area contributed by atoms with Crippen molar-refractivity contribution in [1.82, 2.24) is 15.1 Å². The van der Waals surface area contributed by atoms with Crippen LogP contribution < -0.4 is 5.32 Å². The summed E-state index contributed by atoms with van der Waals surface area (Å²) >= 11 is 0. The topological polar surface area (TPSA) is 46.9 Å². The van der Waals surface area contributed by atoms with Gasteiger partial charge >= 0.3 is 12.2 Å². The minimum absolute atomic E-state index is 0.165. The highest BCUT2D eigenvalue weighted by atomic mass is 19.4. The Hall–Kier alpha value is -1.53. The first-order chi connectivity index (χ1) is 8.86. The first-order valence-corrected chi connectivity index (χ1v) is 6.28.